The lowest BCUT2D eigenvalue weighted by Gasteiger charge is -2.21. The molecule has 1 rings (SSSR count). The fraction of sp³-hybridized carbons (Fsp3) is 0.471. The van der Waals surface area contributed by atoms with E-state index in [9.17, 15) is 14.4 Å². The minimum atomic E-state index is -1.11. The number of aliphatic carboxylic acids is 1. The zero-order chi connectivity index (χ0) is 17.4. The summed E-state index contributed by atoms with van der Waals surface area (Å²) < 4.78 is 0. The predicted octanol–water partition coefficient (Wildman–Crippen LogP) is 2.15. The molecule has 0 heterocycles. The summed E-state index contributed by atoms with van der Waals surface area (Å²) in [5.74, 6) is -1.73. The SMILES string of the molecule is CCCN(CCC)C(=O)c1cccc(C(=O)NC(C)C(=O)O)c1. The van der Waals surface area contributed by atoms with Crippen molar-refractivity contribution in [2.24, 2.45) is 0 Å². The highest BCUT2D eigenvalue weighted by Crippen LogP contribution is 2.10. The summed E-state index contributed by atoms with van der Waals surface area (Å²) in [6, 6.07) is 5.37. The van der Waals surface area contributed by atoms with Gasteiger partial charge in [-0.1, -0.05) is 19.9 Å². The topological polar surface area (TPSA) is 86.7 Å². The van der Waals surface area contributed by atoms with Gasteiger partial charge in [0.25, 0.3) is 11.8 Å². The van der Waals surface area contributed by atoms with E-state index in [0.717, 1.165) is 12.8 Å². The van der Waals surface area contributed by atoms with E-state index in [-0.39, 0.29) is 11.5 Å². The standard InChI is InChI=1S/C17H24N2O4/c1-4-9-19(10-5-2)16(21)14-8-6-7-13(11-14)15(20)18-12(3)17(22)23/h6-8,11-12H,4-5,9-10H2,1-3H3,(H,18,20)(H,22,23). The van der Waals surface area contributed by atoms with Crippen LogP contribution in [0.1, 0.15) is 54.3 Å². The molecular formula is C17H24N2O4. The molecule has 0 aliphatic carbocycles. The fourth-order valence-corrected chi connectivity index (χ4v) is 2.17. The number of nitrogens with one attached hydrogen (secondary N) is 1. The first kappa shape index (κ1) is 18.7. The van der Waals surface area contributed by atoms with Gasteiger partial charge in [0.1, 0.15) is 6.04 Å². The molecular weight excluding hydrogens is 296 g/mol. The van der Waals surface area contributed by atoms with Crippen molar-refractivity contribution >= 4 is 17.8 Å². The number of carbonyl (C=O) groups is 3. The molecule has 6 nitrogen and oxygen atoms in total. The third-order valence-electron chi connectivity index (χ3n) is 3.36. The van der Waals surface area contributed by atoms with Crippen LogP contribution in [0.15, 0.2) is 24.3 Å². The van der Waals surface area contributed by atoms with Crippen molar-refractivity contribution in [3.05, 3.63) is 35.4 Å². The van der Waals surface area contributed by atoms with Crippen molar-refractivity contribution in [3.63, 3.8) is 0 Å². The van der Waals surface area contributed by atoms with Gasteiger partial charge in [0, 0.05) is 24.2 Å². The van der Waals surface area contributed by atoms with E-state index in [4.69, 9.17) is 5.11 Å². The molecule has 0 aliphatic rings. The highest BCUT2D eigenvalue weighted by Gasteiger charge is 2.18. The zero-order valence-corrected chi connectivity index (χ0v) is 13.8. The van der Waals surface area contributed by atoms with Gasteiger partial charge in [0.2, 0.25) is 0 Å². The molecule has 0 spiro atoms. The Bertz CT molecular complexity index is 565. The van der Waals surface area contributed by atoms with Crippen molar-refractivity contribution in [2.45, 2.75) is 39.7 Å². The Morgan fingerprint density at radius 2 is 1.70 bits per heavy atom. The summed E-state index contributed by atoms with van der Waals surface area (Å²) in [7, 11) is 0. The van der Waals surface area contributed by atoms with Crippen molar-refractivity contribution in [2.75, 3.05) is 13.1 Å². The van der Waals surface area contributed by atoms with Gasteiger partial charge < -0.3 is 15.3 Å². The maximum atomic E-state index is 12.5. The van der Waals surface area contributed by atoms with E-state index in [0.29, 0.717) is 18.7 Å². The monoisotopic (exact) mass is 320 g/mol. The number of nitrogens with zero attached hydrogens (tertiary/aromatic N) is 1. The second-order valence-corrected chi connectivity index (χ2v) is 5.41. The normalized spacial score (nSPS) is 11.6. The van der Waals surface area contributed by atoms with E-state index in [1.54, 1.807) is 23.1 Å². The quantitative estimate of drug-likeness (QED) is 0.768. The number of carbonyl (C=O) groups excluding carboxylic acids is 2. The van der Waals surface area contributed by atoms with Crippen LogP contribution in [0, 0.1) is 0 Å². The lowest BCUT2D eigenvalue weighted by molar-refractivity contribution is -0.138. The summed E-state index contributed by atoms with van der Waals surface area (Å²) in [5, 5.41) is 11.2. The molecule has 0 saturated carbocycles. The summed E-state index contributed by atoms with van der Waals surface area (Å²) in [6.45, 7) is 6.73. The number of benzene rings is 1. The van der Waals surface area contributed by atoms with Crippen LogP contribution >= 0.6 is 0 Å². The molecule has 1 unspecified atom stereocenters. The third-order valence-corrected chi connectivity index (χ3v) is 3.36. The first-order valence-corrected chi connectivity index (χ1v) is 7.83. The molecule has 0 aliphatic heterocycles. The molecule has 2 amide bonds. The summed E-state index contributed by atoms with van der Waals surface area (Å²) in [6.07, 6.45) is 1.73. The highest BCUT2D eigenvalue weighted by molar-refractivity contribution is 6.00. The van der Waals surface area contributed by atoms with E-state index in [2.05, 4.69) is 5.32 Å². The number of hydrogen-bond acceptors (Lipinski definition) is 3. The molecule has 0 fully saturated rings. The van der Waals surface area contributed by atoms with Crippen LogP contribution in [0.2, 0.25) is 0 Å². The number of carboxylic acid groups (broad SMARTS) is 1. The predicted molar refractivity (Wildman–Crippen MR) is 87.5 cm³/mol. The summed E-state index contributed by atoms with van der Waals surface area (Å²) in [5.41, 5.74) is 0.708. The van der Waals surface area contributed by atoms with Gasteiger partial charge in [0.15, 0.2) is 0 Å². The average molecular weight is 320 g/mol. The molecule has 0 radical (unpaired) electrons. The second kappa shape index (κ2) is 8.92. The maximum absolute atomic E-state index is 12.5. The second-order valence-electron chi connectivity index (χ2n) is 5.41. The molecule has 1 aromatic carbocycles. The van der Waals surface area contributed by atoms with E-state index < -0.39 is 17.9 Å². The van der Waals surface area contributed by atoms with Crippen LogP contribution in [0.25, 0.3) is 0 Å². The van der Waals surface area contributed by atoms with E-state index in [1.807, 2.05) is 13.8 Å². The molecule has 0 bridgehead atoms. The number of carboxylic acids is 1. The molecule has 1 atom stereocenters. The summed E-state index contributed by atoms with van der Waals surface area (Å²) in [4.78, 5) is 37.1. The number of rotatable bonds is 8. The van der Waals surface area contributed by atoms with E-state index >= 15 is 0 Å². The Labute approximate surface area is 136 Å². The van der Waals surface area contributed by atoms with Crippen LogP contribution in [-0.4, -0.2) is 46.9 Å². The molecule has 0 aromatic heterocycles. The number of hydrogen-bond donors (Lipinski definition) is 2. The van der Waals surface area contributed by atoms with Crippen LogP contribution in [0.4, 0.5) is 0 Å². The molecule has 23 heavy (non-hydrogen) atoms. The van der Waals surface area contributed by atoms with Gasteiger partial charge in [-0.2, -0.15) is 0 Å². The molecule has 0 saturated heterocycles. The van der Waals surface area contributed by atoms with Crippen LogP contribution in [0.3, 0.4) is 0 Å². The van der Waals surface area contributed by atoms with Crippen molar-refractivity contribution in [3.8, 4) is 0 Å². The Hall–Kier alpha value is -2.37. The molecule has 6 heteroatoms. The smallest absolute Gasteiger partial charge is 0.325 e. The van der Waals surface area contributed by atoms with Gasteiger partial charge in [-0.05, 0) is 38.0 Å². The van der Waals surface area contributed by atoms with Crippen LogP contribution in [-0.2, 0) is 4.79 Å². The third kappa shape index (κ3) is 5.39. The minimum absolute atomic E-state index is 0.116. The Balaban J connectivity index is 2.92. The lowest BCUT2D eigenvalue weighted by atomic mass is 10.1. The molecule has 2 N–H and O–H groups in total. The van der Waals surface area contributed by atoms with Gasteiger partial charge in [-0.25, -0.2) is 0 Å². The Morgan fingerprint density at radius 1 is 1.13 bits per heavy atom. The maximum Gasteiger partial charge on any atom is 0.325 e. The van der Waals surface area contributed by atoms with E-state index in [1.165, 1.54) is 13.0 Å². The highest BCUT2D eigenvalue weighted by atomic mass is 16.4. The van der Waals surface area contributed by atoms with Crippen LogP contribution < -0.4 is 5.32 Å². The van der Waals surface area contributed by atoms with Crippen LogP contribution in [0.5, 0.6) is 0 Å². The average Bonchev–Trinajstić information content (AvgIpc) is 2.53. The first-order chi connectivity index (χ1) is 10.9. The zero-order valence-electron chi connectivity index (χ0n) is 13.8. The van der Waals surface area contributed by atoms with Gasteiger partial charge >= 0.3 is 5.97 Å². The Morgan fingerprint density at radius 3 is 2.22 bits per heavy atom. The van der Waals surface area contributed by atoms with Crippen molar-refractivity contribution < 1.29 is 19.5 Å². The molecule has 1 aromatic rings. The largest absolute Gasteiger partial charge is 0.480 e. The van der Waals surface area contributed by atoms with Gasteiger partial charge in [-0.15, -0.1) is 0 Å². The summed E-state index contributed by atoms with van der Waals surface area (Å²) >= 11 is 0. The van der Waals surface area contributed by atoms with Gasteiger partial charge in [-0.3, -0.25) is 14.4 Å². The minimum Gasteiger partial charge on any atom is -0.480 e. The lowest BCUT2D eigenvalue weighted by Crippen LogP contribution is -2.38. The molecule has 126 valence electrons. The number of amides is 2. The fourth-order valence-electron chi connectivity index (χ4n) is 2.17. The first-order valence-electron chi connectivity index (χ1n) is 7.83. The van der Waals surface area contributed by atoms with Crippen molar-refractivity contribution in [1.29, 1.82) is 0 Å². The van der Waals surface area contributed by atoms with Gasteiger partial charge in [0.05, 0.1) is 0 Å². The Kier molecular flexibility index (Phi) is 7.25. The van der Waals surface area contributed by atoms with Crippen molar-refractivity contribution in [1.82, 2.24) is 10.2 Å².